The molecule has 0 heterocycles. The molecule has 80 valence electrons. The fourth-order valence-electron chi connectivity index (χ4n) is 1.20. The lowest BCUT2D eigenvalue weighted by Gasteiger charge is -2.15. The molecule has 4 heteroatoms. The molecule has 0 saturated heterocycles. The molecule has 2 unspecified atom stereocenters. The van der Waals surface area contributed by atoms with Gasteiger partial charge in [0.25, 0.3) is 0 Å². The normalized spacial score (nSPS) is 15.3. The Morgan fingerprint density at radius 1 is 1.29 bits per heavy atom. The minimum absolute atomic E-state index is 0.368. The van der Waals surface area contributed by atoms with E-state index in [1.165, 1.54) is 6.92 Å². The fourth-order valence-corrected chi connectivity index (χ4v) is 1.20. The van der Waals surface area contributed by atoms with Gasteiger partial charge in [-0.15, -0.1) is 0 Å². The van der Waals surface area contributed by atoms with Crippen LogP contribution in [-0.2, 0) is 9.59 Å². The summed E-state index contributed by atoms with van der Waals surface area (Å²) in [6.45, 7) is 3.27. The molecule has 0 radical (unpaired) electrons. The number of hydrogen-bond acceptors (Lipinski definition) is 2. The summed E-state index contributed by atoms with van der Waals surface area (Å²) in [4.78, 5) is 21.3. The molecule has 0 saturated carbocycles. The minimum Gasteiger partial charge on any atom is -0.481 e. The quantitative estimate of drug-likeness (QED) is 0.641. The highest BCUT2D eigenvalue weighted by molar-refractivity contribution is 5.79. The molecular formula is C10H16O4. The van der Waals surface area contributed by atoms with Crippen molar-refractivity contribution in [1.29, 1.82) is 0 Å². The van der Waals surface area contributed by atoms with Crippen molar-refractivity contribution in [2.24, 2.45) is 11.8 Å². The van der Waals surface area contributed by atoms with Crippen LogP contribution in [0.3, 0.4) is 0 Å². The maximum absolute atomic E-state index is 10.8. The van der Waals surface area contributed by atoms with Gasteiger partial charge < -0.3 is 10.2 Å². The average Bonchev–Trinajstić information content (AvgIpc) is 2.10. The van der Waals surface area contributed by atoms with Gasteiger partial charge in [0, 0.05) is 0 Å². The second-order valence-electron chi connectivity index (χ2n) is 3.22. The van der Waals surface area contributed by atoms with Crippen LogP contribution in [-0.4, -0.2) is 22.2 Å². The number of allylic oxidation sites excluding steroid dienone is 2. The largest absolute Gasteiger partial charge is 0.481 e. The van der Waals surface area contributed by atoms with Crippen LogP contribution in [0.1, 0.15) is 26.7 Å². The number of hydrogen-bond donors (Lipinski definition) is 2. The zero-order chi connectivity index (χ0) is 11.1. The van der Waals surface area contributed by atoms with Crippen molar-refractivity contribution in [2.75, 3.05) is 0 Å². The van der Waals surface area contributed by atoms with E-state index in [4.69, 9.17) is 10.2 Å². The molecule has 0 amide bonds. The van der Waals surface area contributed by atoms with Crippen LogP contribution in [0.2, 0.25) is 0 Å². The first kappa shape index (κ1) is 12.7. The lowest BCUT2D eigenvalue weighted by Crippen LogP contribution is -2.27. The maximum atomic E-state index is 10.8. The Morgan fingerprint density at radius 2 is 1.86 bits per heavy atom. The summed E-state index contributed by atoms with van der Waals surface area (Å²) < 4.78 is 0. The molecule has 0 aliphatic heterocycles. The topological polar surface area (TPSA) is 74.6 Å². The molecule has 0 aliphatic carbocycles. The Kier molecular flexibility index (Phi) is 5.60. The summed E-state index contributed by atoms with van der Waals surface area (Å²) >= 11 is 0. The number of aliphatic carboxylic acids is 2. The summed E-state index contributed by atoms with van der Waals surface area (Å²) in [5, 5.41) is 17.5. The lowest BCUT2D eigenvalue weighted by atomic mass is 9.90. The lowest BCUT2D eigenvalue weighted by molar-refractivity contribution is -0.153. The molecule has 0 spiro atoms. The van der Waals surface area contributed by atoms with E-state index in [2.05, 4.69) is 0 Å². The fraction of sp³-hybridized carbons (Fsp3) is 0.600. The molecule has 14 heavy (non-hydrogen) atoms. The van der Waals surface area contributed by atoms with E-state index in [-0.39, 0.29) is 0 Å². The molecular weight excluding hydrogens is 184 g/mol. The van der Waals surface area contributed by atoms with Gasteiger partial charge in [0.05, 0.1) is 11.8 Å². The third-order valence-corrected chi connectivity index (χ3v) is 2.19. The van der Waals surface area contributed by atoms with Crippen molar-refractivity contribution in [3.05, 3.63) is 12.2 Å². The predicted octanol–water partition coefficient (Wildman–Crippen LogP) is 1.76. The first-order valence-corrected chi connectivity index (χ1v) is 4.57. The number of carbonyl (C=O) groups is 2. The monoisotopic (exact) mass is 200 g/mol. The van der Waals surface area contributed by atoms with Gasteiger partial charge in [0.15, 0.2) is 0 Å². The molecule has 0 rings (SSSR count). The van der Waals surface area contributed by atoms with E-state index < -0.39 is 23.8 Å². The molecule has 0 aromatic rings. The van der Waals surface area contributed by atoms with Crippen LogP contribution in [0.25, 0.3) is 0 Å². The van der Waals surface area contributed by atoms with Gasteiger partial charge >= 0.3 is 11.9 Å². The van der Waals surface area contributed by atoms with Crippen molar-refractivity contribution in [2.45, 2.75) is 26.7 Å². The van der Waals surface area contributed by atoms with Gasteiger partial charge in [-0.3, -0.25) is 9.59 Å². The summed E-state index contributed by atoms with van der Waals surface area (Å²) in [6.07, 6.45) is 4.63. The van der Waals surface area contributed by atoms with Crippen LogP contribution in [0.4, 0.5) is 0 Å². The second-order valence-corrected chi connectivity index (χ2v) is 3.22. The number of rotatable bonds is 6. The summed E-state index contributed by atoms with van der Waals surface area (Å²) in [5.74, 6) is -3.73. The van der Waals surface area contributed by atoms with E-state index in [1.54, 1.807) is 0 Å². The first-order valence-electron chi connectivity index (χ1n) is 4.57. The molecule has 0 aromatic carbocycles. The van der Waals surface area contributed by atoms with Crippen LogP contribution in [0, 0.1) is 11.8 Å². The summed E-state index contributed by atoms with van der Waals surface area (Å²) in [6, 6.07) is 0. The van der Waals surface area contributed by atoms with Gasteiger partial charge in [-0.05, 0) is 19.8 Å². The Balaban J connectivity index is 4.29. The summed E-state index contributed by atoms with van der Waals surface area (Å²) in [7, 11) is 0. The van der Waals surface area contributed by atoms with E-state index in [9.17, 15) is 9.59 Å². The molecule has 0 aromatic heterocycles. The highest BCUT2D eigenvalue weighted by Gasteiger charge is 2.28. The van der Waals surface area contributed by atoms with Gasteiger partial charge in [-0.25, -0.2) is 0 Å². The van der Waals surface area contributed by atoms with E-state index >= 15 is 0 Å². The Labute approximate surface area is 83.2 Å². The predicted molar refractivity (Wildman–Crippen MR) is 52.0 cm³/mol. The van der Waals surface area contributed by atoms with E-state index in [0.717, 1.165) is 0 Å². The third-order valence-electron chi connectivity index (χ3n) is 2.19. The van der Waals surface area contributed by atoms with Crippen molar-refractivity contribution < 1.29 is 19.8 Å². The van der Waals surface area contributed by atoms with Crippen molar-refractivity contribution in [3.63, 3.8) is 0 Å². The third kappa shape index (κ3) is 4.07. The molecule has 0 aliphatic rings. The Morgan fingerprint density at radius 3 is 2.21 bits per heavy atom. The van der Waals surface area contributed by atoms with Crippen molar-refractivity contribution in [1.82, 2.24) is 0 Å². The van der Waals surface area contributed by atoms with Crippen molar-refractivity contribution in [3.8, 4) is 0 Å². The van der Waals surface area contributed by atoms with Crippen LogP contribution >= 0.6 is 0 Å². The highest BCUT2D eigenvalue weighted by Crippen LogP contribution is 2.18. The Hall–Kier alpha value is -1.32. The van der Waals surface area contributed by atoms with Crippen LogP contribution in [0.5, 0.6) is 0 Å². The Bertz CT molecular complexity index is 232. The molecule has 0 bridgehead atoms. The zero-order valence-electron chi connectivity index (χ0n) is 8.43. The van der Waals surface area contributed by atoms with Gasteiger partial charge in [0.2, 0.25) is 0 Å². The average molecular weight is 200 g/mol. The summed E-state index contributed by atoms with van der Waals surface area (Å²) in [5.41, 5.74) is 0. The molecule has 0 fully saturated rings. The van der Waals surface area contributed by atoms with Gasteiger partial charge in [-0.1, -0.05) is 19.1 Å². The first-order chi connectivity index (χ1) is 6.50. The highest BCUT2D eigenvalue weighted by atomic mass is 16.4. The standard InChI is InChI=1S/C10H16O4/c1-3-4-5-6-8(10(13)14)7(2)9(11)12/h3-4,7-8H,5-6H2,1-2H3,(H,11,12)(H,13,14)/b4-3+. The maximum Gasteiger partial charge on any atom is 0.307 e. The van der Waals surface area contributed by atoms with Gasteiger partial charge in [0.1, 0.15) is 0 Å². The van der Waals surface area contributed by atoms with Crippen LogP contribution < -0.4 is 0 Å². The molecule has 4 nitrogen and oxygen atoms in total. The van der Waals surface area contributed by atoms with E-state index in [1.807, 2.05) is 19.1 Å². The molecule has 2 N–H and O–H groups in total. The van der Waals surface area contributed by atoms with E-state index in [0.29, 0.717) is 12.8 Å². The SMILES string of the molecule is C/C=C/CCC(C(=O)O)C(C)C(=O)O. The molecule has 2 atom stereocenters. The van der Waals surface area contributed by atoms with Gasteiger partial charge in [-0.2, -0.15) is 0 Å². The number of carboxylic acids is 2. The smallest absolute Gasteiger partial charge is 0.307 e. The zero-order valence-corrected chi connectivity index (χ0v) is 8.43. The second kappa shape index (κ2) is 6.18. The van der Waals surface area contributed by atoms with Crippen molar-refractivity contribution >= 4 is 11.9 Å². The van der Waals surface area contributed by atoms with Crippen LogP contribution in [0.15, 0.2) is 12.2 Å². The minimum atomic E-state index is -1.06. The number of carboxylic acid groups (broad SMARTS) is 2.